The van der Waals surface area contributed by atoms with Crippen LogP contribution in [0.2, 0.25) is 0 Å². The maximum atomic E-state index is 12.1. The fourth-order valence-corrected chi connectivity index (χ4v) is 2.83. The van der Waals surface area contributed by atoms with Crippen molar-refractivity contribution in [3.05, 3.63) is 0 Å². The van der Waals surface area contributed by atoms with Crippen LogP contribution in [0.4, 0.5) is 0 Å². The van der Waals surface area contributed by atoms with Crippen LogP contribution in [0.5, 0.6) is 0 Å². The van der Waals surface area contributed by atoms with E-state index in [1.807, 2.05) is 0 Å². The smallest absolute Gasteiger partial charge is 0.327 e. The number of carboxylic acid groups (broad SMARTS) is 1. The molecular weight excluding hydrogens is 238 g/mol. The van der Waals surface area contributed by atoms with E-state index in [2.05, 4.69) is 0 Å². The molecule has 0 aromatic carbocycles. The van der Waals surface area contributed by atoms with Gasteiger partial charge in [0.15, 0.2) is 0 Å². The zero-order valence-corrected chi connectivity index (χ0v) is 10.3. The van der Waals surface area contributed by atoms with Crippen LogP contribution in [0.15, 0.2) is 0 Å². The average molecular weight is 255 g/mol. The molecule has 0 aromatic rings. The maximum Gasteiger partial charge on any atom is 0.327 e. The molecule has 6 nitrogen and oxygen atoms in total. The highest BCUT2D eigenvalue weighted by atomic mass is 16.5. The van der Waals surface area contributed by atoms with Gasteiger partial charge in [0, 0.05) is 32.0 Å². The van der Waals surface area contributed by atoms with Crippen LogP contribution in [0.1, 0.15) is 25.7 Å². The van der Waals surface area contributed by atoms with Gasteiger partial charge in [-0.3, -0.25) is 14.5 Å². The van der Waals surface area contributed by atoms with Crippen molar-refractivity contribution in [1.82, 2.24) is 4.90 Å². The topological polar surface area (TPSA) is 83.9 Å². The number of piperidine rings is 1. The van der Waals surface area contributed by atoms with Crippen LogP contribution in [-0.2, 0) is 19.1 Å². The molecule has 1 aliphatic heterocycles. The SMILES string of the molecule is COCCC(C(=O)O)N1C(=O)C2CCC(C2)C1=O. The number of carboxylic acids is 1. The number of aliphatic carboxylic acids is 1. The molecule has 2 bridgehead atoms. The lowest BCUT2D eigenvalue weighted by Gasteiger charge is -2.33. The average Bonchev–Trinajstić information content (AvgIpc) is 2.77. The van der Waals surface area contributed by atoms with Crippen LogP contribution < -0.4 is 0 Å². The van der Waals surface area contributed by atoms with Crippen LogP contribution in [0.3, 0.4) is 0 Å². The Morgan fingerprint density at radius 2 is 1.94 bits per heavy atom. The number of hydrogen-bond acceptors (Lipinski definition) is 4. The number of amides is 2. The first-order valence-corrected chi connectivity index (χ1v) is 6.15. The first-order chi connectivity index (χ1) is 8.56. The standard InChI is InChI=1S/C12H17NO5/c1-18-5-4-9(12(16)17)13-10(14)7-2-3-8(6-7)11(13)15/h7-9H,2-6H2,1H3,(H,16,17). The van der Waals surface area contributed by atoms with Crippen molar-refractivity contribution < 1.29 is 24.2 Å². The van der Waals surface area contributed by atoms with Crippen LogP contribution >= 0.6 is 0 Å². The number of fused-ring (bicyclic) bond motifs is 2. The van der Waals surface area contributed by atoms with Crippen molar-refractivity contribution in [2.45, 2.75) is 31.7 Å². The molecule has 1 aliphatic carbocycles. The zero-order valence-electron chi connectivity index (χ0n) is 10.3. The molecule has 3 unspecified atom stereocenters. The van der Waals surface area contributed by atoms with E-state index in [1.54, 1.807) is 0 Å². The van der Waals surface area contributed by atoms with Gasteiger partial charge in [0.2, 0.25) is 11.8 Å². The number of ether oxygens (including phenoxy) is 1. The highest BCUT2D eigenvalue weighted by Gasteiger charge is 2.49. The third kappa shape index (κ3) is 2.12. The number of rotatable bonds is 5. The minimum absolute atomic E-state index is 0.142. The first-order valence-electron chi connectivity index (χ1n) is 6.15. The molecule has 0 radical (unpaired) electrons. The van der Waals surface area contributed by atoms with Gasteiger partial charge in [0.1, 0.15) is 6.04 Å². The minimum Gasteiger partial charge on any atom is -0.480 e. The lowest BCUT2D eigenvalue weighted by Crippen LogP contribution is -2.54. The Kier molecular flexibility index (Phi) is 3.65. The summed E-state index contributed by atoms with van der Waals surface area (Å²) in [5, 5.41) is 9.18. The van der Waals surface area contributed by atoms with E-state index in [4.69, 9.17) is 4.74 Å². The fourth-order valence-electron chi connectivity index (χ4n) is 2.83. The monoisotopic (exact) mass is 255 g/mol. The minimum atomic E-state index is -1.14. The number of carbonyl (C=O) groups is 3. The van der Waals surface area contributed by atoms with Gasteiger partial charge < -0.3 is 9.84 Å². The van der Waals surface area contributed by atoms with E-state index >= 15 is 0 Å². The normalized spacial score (nSPS) is 28.6. The van der Waals surface area contributed by atoms with Gasteiger partial charge in [0.25, 0.3) is 0 Å². The quantitative estimate of drug-likeness (QED) is 0.712. The van der Waals surface area contributed by atoms with Gasteiger partial charge >= 0.3 is 5.97 Å². The van der Waals surface area contributed by atoms with E-state index in [-0.39, 0.29) is 36.7 Å². The second-order valence-corrected chi connectivity index (χ2v) is 4.89. The summed E-state index contributed by atoms with van der Waals surface area (Å²) in [6.07, 6.45) is 2.12. The molecule has 1 N–H and O–H groups in total. The molecular formula is C12H17NO5. The molecule has 0 aromatic heterocycles. The van der Waals surface area contributed by atoms with Crippen molar-refractivity contribution in [3.63, 3.8) is 0 Å². The molecule has 18 heavy (non-hydrogen) atoms. The van der Waals surface area contributed by atoms with Gasteiger partial charge in [-0.1, -0.05) is 0 Å². The van der Waals surface area contributed by atoms with E-state index in [0.717, 1.165) is 4.90 Å². The van der Waals surface area contributed by atoms with E-state index in [0.29, 0.717) is 19.3 Å². The molecule has 0 spiro atoms. The number of carbonyl (C=O) groups excluding carboxylic acids is 2. The number of imide groups is 1. The molecule has 1 saturated carbocycles. The van der Waals surface area contributed by atoms with E-state index in [1.165, 1.54) is 7.11 Å². The van der Waals surface area contributed by atoms with Crippen LogP contribution in [0, 0.1) is 11.8 Å². The van der Waals surface area contributed by atoms with Crippen LogP contribution in [0.25, 0.3) is 0 Å². The predicted molar refractivity (Wildman–Crippen MR) is 60.6 cm³/mol. The number of nitrogens with zero attached hydrogens (tertiary/aromatic N) is 1. The molecule has 1 saturated heterocycles. The summed E-state index contributed by atoms with van der Waals surface area (Å²) in [6.45, 7) is 0.212. The summed E-state index contributed by atoms with van der Waals surface area (Å²) in [5.74, 6) is -2.13. The third-order valence-corrected chi connectivity index (χ3v) is 3.80. The summed E-state index contributed by atoms with van der Waals surface area (Å²) >= 11 is 0. The maximum absolute atomic E-state index is 12.1. The second kappa shape index (κ2) is 5.06. The molecule has 3 atom stereocenters. The number of methoxy groups -OCH3 is 1. The van der Waals surface area contributed by atoms with Crippen molar-refractivity contribution >= 4 is 17.8 Å². The Morgan fingerprint density at radius 1 is 1.39 bits per heavy atom. The highest BCUT2D eigenvalue weighted by Crippen LogP contribution is 2.39. The zero-order chi connectivity index (χ0) is 13.3. The lowest BCUT2D eigenvalue weighted by atomic mass is 9.95. The Balaban J connectivity index is 2.20. The fraction of sp³-hybridized carbons (Fsp3) is 0.750. The molecule has 6 heteroatoms. The summed E-state index contributed by atoms with van der Waals surface area (Å²) in [5.41, 5.74) is 0. The van der Waals surface area contributed by atoms with Gasteiger partial charge in [-0.2, -0.15) is 0 Å². The Hall–Kier alpha value is -1.43. The van der Waals surface area contributed by atoms with Crippen molar-refractivity contribution in [2.75, 3.05) is 13.7 Å². The third-order valence-electron chi connectivity index (χ3n) is 3.80. The number of likely N-dealkylation sites (tertiary alicyclic amines) is 1. The van der Waals surface area contributed by atoms with Gasteiger partial charge in [0.05, 0.1) is 0 Å². The first kappa shape index (κ1) is 13.0. The van der Waals surface area contributed by atoms with E-state index in [9.17, 15) is 19.5 Å². The summed E-state index contributed by atoms with van der Waals surface area (Å²) in [4.78, 5) is 36.4. The Bertz CT molecular complexity index is 359. The molecule has 100 valence electrons. The van der Waals surface area contributed by atoms with E-state index < -0.39 is 12.0 Å². The van der Waals surface area contributed by atoms with Crippen molar-refractivity contribution in [2.24, 2.45) is 11.8 Å². The molecule has 2 amide bonds. The summed E-state index contributed by atoms with van der Waals surface area (Å²) in [7, 11) is 1.46. The summed E-state index contributed by atoms with van der Waals surface area (Å²) < 4.78 is 4.84. The highest BCUT2D eigenvalue weighted by molar-refractivity contribution is 6.03. The predicted octanol–water partition coefficient (Wildman–Crippen LogP) is 0.261. The van der Waals surface area contributed by atoms with Gasteiger partial charge in [-0.15, -0.1) is 0 Å². The van der Waals surface area contributed by atoms with Crippen molar-refractivity contribution in [1.29, 1.82) is 0 Å². The Labute approximate surface area is 105 Å². The molecule has 2 rings (SSSR count). The van der Waals surface area contributed by atoms with Gasteiger partial charge in [-0.05, 0) is 19.3 Å². The Morgan fingerprint density at radius 3 is 2.39 bits per heavy atom. The largest absolute Gasteiger partial charge is 0.480 e. The van der Waals surface area contributed by atoms with Crippen molar-refractivity contribution in [3.8, 4) is 0 Å². The molecule has 2 fully saturated rings. The summed E-state index contributed by atoms with van der Waals surface area (Å²) in [6, 6.07) is -1.09. The van der Waals surface area contributed by atoms with Gasteiger partial charge in [-0.25, -0.2) is 4.79 Å². The second-order valence-electron chi connectivity index (χ2n) is 4.89. The lowest BCUT2D eigenvalue weighted by molar-refractivity contribution is -0.164. The molecule has 1 heterocycles. The van der Waals surface area contributed by atoms with Crippen LogP contribution in [-0.4, -0.2) is 47.5 Å². The number of hydrogen-bond donors (Lipinski definition) is 1. The molecule has 2 aliphatic rings.